The molecule has 4 nitrogen and oxygen atoms in total. The van der Waals surface area contributed by atoms with Gasteiger partial charge >= 0.3 is 29.6 Å². The molecule has 0 spiro atoms. The van der Waals surface area contributed by atoms with Crippen LogP contribution in [0.2, 0.25) is 0 Å². The van der Waals surface area contributed by atoms with Crippen molar-refractivity contribution in [2.75, 3.05) is 0 Å². The number of hydrogen-bond donors (Lipinski definition) is 1. The van der Waals surface area contributed by atoms with Crippen LogP contribution in [-0.2, 0) is 10.1 Å². The van der Waals surface area contributed by atoms with Crippen molar-refractivity contribution < 1.29 is 47.6 Å². The van der Waals surface area contributed by atoms with Crippen molar-refractivity contribution in [3.05, 3.63) is 0 Å². The largest absolute Gasteiger partial charge is 1.00 e. The third-order valence-corrected chi connectivity index (χ3v) is 3.73. The Morgan fingerprint density at radius 2 is 1.77 bits per heavy atom. The van der Waals surface area contributed by atoms with Gasteiger partial charge in [0, 0.05) is 5.41 Å². The van der Waals surface area contributed by atoms with E-state index in [0.29, 0.717) is 12.8 Å². The molecule has 0 aromatic heterocycles. The number of aliphatic hydroxyl groups excluding tert-OH is 1. The summed E-state index contributed by atoms with van der Waals surface area (Å²) in [7, 11) is -4.54. The van der Waals surface area contributed by atoms with Gasteiger partial charge < -0.3 is 9.66 Å². The summed E-state index contributed by atoms with van der Waals surface area (Å²) in [6.07, 6.45) is 3.03. The summed E-state index contributed by atoms with van der Waals surface area (Å²) in [6, 6.07) is 0. The average Bonchev–Trinajstić information content (AvgIpc) is 2.34. The van der Waals surface area contributed by atoms with Crippen LogP contribution in [0.1, 0.15) is 32.6 Å². The first kappa shape index (κ1) is 13.9. The summed E-state index contributed by atoms with van der Waals surface area (Å²) >= 11 is 0. The molecule has 1 unspecified atom stereocenters. The second-order valence-electron chi connectivity index (χ2n) is 3.71. The summed E-state index contributed by atoms with van der Waals surface area (Å²) < 4.78 is 31.6. The van der Waals surface area contributed by atoms with Gasteiger partial charge in [-0.15, -0.1) is 0 Å². The Kier molecular flexibility index (Phi) is 4.90. The van der Waals surface area contributed by atoms with Crippen molar-refractivity contribution in [3.63, 3.8) is 0 Å². The molecule has 1 rings (SSSR count). The van der Waals surface area contributed by atoms with Crippen LogP contribution in [0.25, 0.3) is 0 Å². The SMILES string of the molecule is CC1(C(O)S(=O)(=O)[O-])CCCC1.[Na+]. The Balaban J connectivity index is 0.00000144. The number of rotatable bonds is 2. The predicted octanol–water partition coefficient (Wildman–Crippen LogP) is -2.57. The minimum atomic E-state index is -4.54. The van der Waals surface area contributed by atoms with Gasteiger partial charge in [-0.3, -0.25) is 0 Å². The maximum atomic E-state index is 10.5. The molecule has 1 aliphatic rings. The minimum absolute atomic E-state index is 0. The Bertz CT molecular complexity index is 256. The van der Waals surface area contributed by atoms with Crippen LogP contribution in [0, 0.1) is 5.41 Å². The molecule has 13 heavy (non-hydrogen) atoms. The molecule has 0 aromatic carbocycles. The molecule has 1 saturated carbocycles. The van der Waals surface area contributed by atoms with Crippen LogP contribution in [0.4, 0.5) is 0 Å². The summed E-state index contributed by atoms with van der Waals surface area (Å²) in [4.78, 5) is 0. The molecule has 0 saturated heterocycles. The summed E-state index contributed by atoms with van der Waals surface area (Å²) in [5.74, 6) is 0. The fourth-order valence-corrected chi connectivity index (χ4v) is 2.71. The van der Waals surface area contributed by atoms with Gasteiger partial charge in [0.05, 0.1) is 0 Å². The monoisotopic (exact) mass is 216 g/mol. The number of aliphatic hydroxyl groups is 1. The van der Waals surface area contributed by atoms with Crippen molar-refractivity contribution in [2.45, 2.75) is 38.0 Å². The zero-order valence-corrected chi connectivity index (χ0v) is 10.8. The van der Waals surface area contributed by atoms with Crippen LogP contribution in [0.15, 0.2) is 0 Å². The Morgan fingerprint density at radius 3 is 2.08 bits per heavy atom. The van der Waals surface area contributed by atoms with Crippen molar-refractivity contribution in [1.82, 2.24) is 0 Å². The molecule has 0 aromatic rings. The van der Waals surface area contributed by atoms with E-state index in [1.165, 1.54) is 0 Å². The molecule has 0 bridgehead atoms. The maximum absolute atomic E-state index is 10.5. The summed E-state index contributed by atoms with van der Waals surface area (Å²) in [5, 5.41) is 9.24. The van der Waals surface area contributed by atoms with Crippen LogP contribution in [-0.4, -0.2) is 23.5 Å². The van der Waals surface area contributed by atoms with Gasteiger partial charge in [0.2, 0.25) is 0 Å². The van der Waals surface area contributed by atoms with Crippen molar-refractivity contribution in [1.29, 1.82) is 0 Å². The molecule has 1 N–H and O–H groups in total. The number of hydrogen-bond acceptors (Lipinski definition) is 4. The van der Waals surface area contributed by atoms with Crippen molar-refractivity contribution in [3.8, 4) is 0 Å². The molecule has 0 heterocycles. The maximum Gasteiger partial charge on any atom is 1.00 e. The molecule has 6 heteroatoms. The van der Waals surface area contributed by atoms with Crippen LogP contribution in [0.3, 0.4) is 0 Å². The van der Waals surface area contributed by atoms with E-state index in [9.17, 15) is 18.1 Å². The second-order valence-corrected chi connectivity index (χ2v) is 5.14. The predicted molar refractivity (Wildman–Crippen MR) is 42.3 cm³/mol. The second kappa shape index (κ2) is 4.59. The van der Waals surface area contributed by atoms with Gasteiger partial charge in [-0.2, -0.15) is 0 Å². The van der Waals surface area contributed by atoms with E-state index in [4.69, 9.17) is 0 Å². The van der Waals surface area contributed by atoms with E-state index >= 15 is 0 Å². The van der Waals surface area contributed by atoms with E-state index in [0.717, 1.165) is 12.8 Å². The van der Waals surface area contributed by atoms with Crippen LogP contribution >= 0.6 is 0 Å². The zero-order valence-electron chi connectivity index (χ0n) is 7.99. The standard InChI is InChI=1S/C7H14O4S.Na/c1-7(4-2-3-5-7)6(8)12(9,10)11;/h6,8H,2-5H2,1H3,(H,9,10,11);/q;+1/p-1. The topological polar surface area (TPSA) is 77.4 Å². The normalized spacial score (nSPS) is 23.6. The average molecular weight is 216 g/mol. The van der Waals surface area contributed by atoms with E-state index in [-0.39, 0.29) is 29.6 Å². The quantitative estimate of drug-likeness (QED) is 0.407. The molecule has 1 atom stereocenters. The first-order chi connectivity index (χ1) is 5.36. The van der Waals surface area contributed by atoms with Crippen molar-refractivity contribution in [2.24, 2.45) is 5.41 Å². The van der Waals surface area contributed by atoms with Gasteiger partial charge in [-0.05, 0) is 12.8 Å². The van der Waals surface area contributed by atoms with Crippen LogP contribution in [0.5, 0.6) is 0 Å². The molecular formula is C7H13NaO4S. The Labute approximate surface area is 101 Å². The molecule has 72 valence electrons. The van der Waals surface area contributed by atoms with Gasteiger partial charge in [0.25, 0.3) is 0 Å². The molecule has 0 aliphatic heterocycles. The van der Waals surface area contributed by atoms with E-state index in [1.54, 1.807) is 6.92 Å². The van der Waals surface area contributed by atoms with E-state index < -0.39 is 21.0 Å². The Morgan fingerprint density at radius 1 is 1.38 bits per heavy atom. The smallest absolute Gasteiger partial charge is 0.746 e. The van der Waals surface area contributed by atoms with Gasteiger partial charge in [-0.25, -0.2) is 8.42 Å². The Hall–Kier alpha value is 0.870. The summed E-state index contributed by atoms with van der Waals surface area (Å²) in [5.41, 5.74) is -2.44. The van der Waals surface area contributed by atoms with Gasteiger partial charge in [0.1, 0.15) is 15.6 Å². The first-order valence-electron chi connectivity index (χ1n) is 3.99. The fraction of sp³-hybridized carbons (Fsp3) is 1.00. The van der Waals surface area contributed by atoms with Crippen LogP contribution < -0.4 is 29.6 Å². The molecule has 1 aliphatic carbocycles. The molecule has 0 amide bonds. The first-order valence-corrected chi connectivity index (χ1v) is 5.46. The van der Waals surface area contributed by atoms with E-state index in [1.807, 2.05) is 0 Å². The molecule has 1 fully saturated rings. The van der Waals surface area contributed by atoms with Gasteiger partial charge in [0.15, 0.2) is 0 Å². The van der Waals surface area contributed by atoms with E-state index in [2.05, 4.69) is 0 Å². The van der Waals surface area contributed by atoms with Crippen molar-refractivity contribution >= 4 is 10.1 Å². The summed E-state index contributed by atoms with van der Waals surface area (Å²) in [6.45, 7) is 1.65. The molecule has 0 radical (unpaired) electrons. The minimum Gasteiger partial charge on any atom is -0.746 e. The molecular weight excluding hydrogens is 203 g/mol. The van der Waals surface area contributed by atoms with Gasteiger partial charge in [-0.1, -0.05) is 19.8 Å². The zero-order chi connectivity index (χ0) is 9.41. The third-order valence-electron chi connectivity index (χ3n) is 2.62. The third kappa shape index (κ3) is 3.18. The fourth-order valence-electron chi connectivity index (χ4n) is 1.78.